The van der Waals surface area contributed by atoms with Crippen molar-refractivity contribution in [1.29, 1.82) is 0 Å². The molecule has 0 aliphatic heterocycles. The maximum absolute atomic E-state index is 13.6. The molecule has 0 unspecified atom stereocenters. The fourth-order valence-corrected chi connectivity index (χ4v) is 1.70. The van der Waals surface area contributed by atoms with Crippen molar-refractivity contribution in [3.63, 3.8) is 0 Å². The molecule has 2 aromatic rings. The van der Waals surface area contributed by atoms with E-state index in [9.17, 15) is 9.50 Å². The van der Waals surface area contributed by atoms with Crippen LogP contribution in [0.5, 0.6) is 17.4 Å². The molecule has 0 aliphatic rings. The van der Waals surface area contributed by atoms with Crippen LogP contribution < -0.4 is 9.47 Å². The highest BCUT2D eigenvalue weighted by molar-refractivity contribution is 5.90. The smallest absolute Gasteiger partial charge is 0.217 e. The standard InChI is InChI=1S/C13H14FNO3/c1-7(2)18-11-6-10(16)8-4-5-9(14)13(17-3)12(8)15-11/h4-7H,1-3H3,(H,15,16). The van der Waals surface area contributed by atoms with Gasteiger partial charge >= 0.3 is 0 Å². The largest absolute Gasteiger partial charge is 0.507 e. The molecule has 0 amide bonds. The SMILES string of the molecule is COc1c(F)ccc2c(O)cc(OC(C)C)nc12. The first kappa shape index (κ1) is 12.4. The zero-order valence-electron chi connectivity index (χ0n) is 10.4. The Balaban J connectivity index is 2.68. The number of aromatic hydroxyl groups is 1. The van der Waals surface area contributed by atoms with E-state index in [1.54, 1.807) is 0 Å². The Kier molecular flexibility index (Phi) is 3.23. The van der Waals surface area contributed by atoms with Crippen molar-refractivity contribution in [2.24, 2.45) is 0 Å². The number of pyridine rings is 1. The molecule has 0 saturated carbocycles. The molecule has 2 rings (SSSR count). The molecule has 1 N–H and O–H groups in total. The number of hydrogen-bond acceptors (Lipinski definition) is 4. The van der Waals surface area contributed by atoms with E-state index in [4.69, 9.17) is 9.47 Å². The molecule has 0 fully saturated rings. The summed E-state index contributed by atoms with van der Waals surface area (Å²) < 4.78 is 23.9. The summed E-state index contributed by atoms with van der Waals surface area (Å²) in [6, 6.07) is 4.08. The quantitative estimate of drug-likeness (QED) is 0.911. The van der Waals surface area contributed by atoms with Crippen LogP contribution in [-0.4, -0.2) is 23.3 Å². The van der Waals surface area contributed by atoms with Crippen LogP contribution in [0, 0.1) is 5.82 Å². The summed E-state index contributed by atoms with van der Waals surface area (Å²) in [6.07, 6.45) is -0.0890. The molecule has 1 aromatic carbocycles. The molecule has 4 nitrogen and oxygen atoms in total. The van der Waals surface area contributed by atoms with Gasteiger partial charge in [-0.15, -0.1) is 0 Å². The predicted octanol–water partition coefficient (Wildman–Crippen LogP) is 2.88. The van der Waals surface area contributed by atoms with Crippen LogP contribution in [0.1, 0.15) is 13.8 Å². The third-order valence-electron chi connectivity index (χ3n) is 2.40. The Morgan fingerprint density at radius 1 is 1.33 bits per heavy atom. The minimum Gasteiger partial charge on any atom is -0.507 e. The Bertz CT molecular complexity index is 584. The van der Waals surface area contributed by atoms with Crippen molar-refractivity contribution in [1.82, 2.24) is 4.98 Å². The van der Waals surface area contributed by atoms with Crippen LogP contribution in [0.25, 0.3) is 10.9 Å². The van der Waals surface area contributed by atoms with Crippen LogP contribution >= 0.6 is 0 Å². The number of halogens is 1. The highest BCUT2D eigenvalue weighted by atomic mass is 19.1. The number of aromatic nitrogens is 1. The van der Waals surface area contributed by atoms with Gasteiger partial charge in [-0.1, -0.05) is 0 Å². The molecule has 0 spiro atoms. The van der Waals surface area contributed by atoms with Gasteiger partial charge in [0.15, 0.2) is 11.6 Å². The molecule has 96 valence electrons. The monoisotopic (exact) mass is 251 g/mol. The number of nitrogens with zero attached hydrogens (tertiary/aromatic N) is 1. The minimum atomic E-state index is -0.529. The summed E-state index contributed by atoms with van der Waals surface area (Å²) in [6.45, 7) is 3.68. The molecule has 1 aromatic heterocycles. The van der Waals surface area contributed by atoms with Gasteiger partial charge in [0.05, 0.1) is 13.2 Å². The lowest BCUT2D eigenvalue weighted by atomic mass is 10.2. The summed E-state index contributed by atoms with van der Waals surface area (Å²) in [4.78, 5) is 4.16. The number of benzene rings is 1. The van der Waals surface area contributed by atoms with Crippen LogP contribution in [-0.2, 0) is 0 Å². The van der Waals surface area contributed by atoms with E-state index in [0.717, 1.165) is 0 Å². The Hall–Kier alpha value is -2.04. The van der Waals surface area contributed by atoms with E-state index >= 15 is 0 Å². The summed E-state index contributed by atoms with van der Waals surface area (Å²) >= 11 is 0. The summed E-state index contributed by atoms with van der Waals surface area (Å²) in [5.41, 5.74) is 0.244. The van der Waals surface area contributed by atoms with Gasteiger partial charge < -0.3 is 14.6 Å². The van der Waals surface area contributed by atoms with Gasteiger partial charge in [0, 0.05) is 11.5 Å². The molecule has 0 radical (unpaired) electrons. The third-order valence-corrected chi connectivity index (χ3v) is 2.40. The molecular weight excluding hydrogens is 237 g/mol. The fraction of sp³-hybridized carbons (Fsp3) is 0.308. The summed E-state index contributed by atoms with van der Waals surface area (Å²) in [5.74, 6) is -0.316. The molecule has 5 heteroatoms. The topological polar surface area (TPSA) is 51.6 Å². The average Bonchev–Trinajstić information content (AvgIpc) is 2.27. The van der Waals surface area contributed by atoms with Crippen molar-refractivity contribution in [3.8, 4) is 17.4 Å². The Morgan fingerprint density at radius 2 is 2.06 bits per heavy atom. The maximum atomic E-state index is 13.6. The van der Waals surface area contributed by atoms with E-state index in [1.165, 1.54) is 25.3 Å². The lowest BCUT2D eigenvalue weighted by molar-refractivity contribution is 0.232. The second kappa shape index (κ2) is 4.68. The van der Waals surface area contributed by atoms with Crippen molar-refractivity contribution in [2.45, 2.75) is 20.0 Å². The predicted molar refractivity (Wildman–Crippen MR) is 65.7 cm³/mol. The molecular formula is C13H14FNO3. The molecule has 0 aliphatic carbocycles. The van der Waals surface area contributed by atoms with Gasteiger partial charge in [0.1, 0.15) is 11.3 Å². The fourth-order valence-electron chi connectivity index (χ4n) is 1.70. The molecule has 0 saturated heterocycles. The van der Waals surface area contributed by atoms with Crippen LogP contribution in [0.2, 0.25) is 0 Å². The van der Waals surface area contributed by atoms with Gasteiger partial charge in [-0.2, -0.15) is 0 Å². The zero-order valence-corrected chi connectivity index (χ0v) is 10.4. The van der Waals surface area contributed by atoms with Gasteiger partial charge in [-0.05, 0) is 26.0 Å². The normalized spacial score (nSPS) is 10.9. The van der Waals surface area contributed by atoms with Crippen molar-refractivity contribution >= 4 is 10.9 Å². The van der Waals surface area contributed by atoms with Crippen LogP contribution in [0.4, 0.5) is 4.39 Å². The number of ether oxygens (including phenoxy) is 2. The third kappa shape index (κ3) is 2.16. The van der Waals surface area contributed by atoms with Crippen molar-refractivity contribution in [2.75, 3.05) is 7.11 Å². The highest BCUT2D eigenvalue weighted by Crippen LogP contribution is 2.34. The first-order chi connectivity index (χ1) is 8.52. The van der Waals surface area contributed by atoms with E-state index in [0.29, 0.717) is 5.39 Å². The molecule has 0 bridgehead atoms. The second-order valence-corrected chi connectivity index (χ2v) is 4.12. The lowest BCUT2D eigenvalue weighted by Gasteiger charge is -2.12. The zero-order chi connectivity index (χ0) is 13.3. The van der Waals surface area contributed by atoms with Gasteiger partial charge in [-0.25, -0.2) is 9.37 Å². The summed E-state index contributed by atoms with van der Waals surface area (Å²) in [7, 11) is 1.35. The number of methoxy groups -OCH3 is 1. The molecule has 0 atom stereocenters. The van der Waals surface area contributed by atoms with Gasteiger partial charge in [0.25, 0.3) is 0 Å². The van der Waals surface area contributed by atoms with Crippen LogP contribution in [0.15, 0.2) is 18.2 Å². The first-order valence-electron chi connectivity index (χ1n) is 5.55. The Labute approximate surface area is 104 Å². The first-order valence-corrected chi connectivity index (χ1v) is 5.55. The number of rotatable bonds is 3. The van der Waals surface area contributed by atoms with E-state index in [-0.39, 0.29) is 29.0 Å². The number of fused-ring (bicyclic) bond motifs is 1. The Morgan fingerprint density at radius 3 is 2.67 bits per heavy atom. The van der Waals surface area contributed by atoms with E-state index < -0.39 is 5.82 Å². The van der Waals surface area contributed by atoms with Gasteiger partial charge in [-0.3, -0.25) is 0 Å². The second-order valence-electron chi connectivity index (χ2n) is 4.12. The lowest BCUT2D eigenvalue weighted by Crippen LogP contribution is -2.07. The van der Waals surface area contributed by atoms with E-state index in [1.807, 2.05) is 13.8 Å². The average molecular weight is 251 g/mol. The van der Waals surface area contributed by atoms with E-state index in [2.05, 4.69) is 4.98 Å². The number of hydrogen-bond donors (Lipinski definition) is 1. The highest BCUT2D eigenvalue weighted by Gasteiger charge is 2.14. The molecule has 1 heterocycles. The maximum Gasteiger partial charge on any atom is 0.217 e. The van der Waals surface area contributed by atoms with Gasteiger partial charge in [0.2, 0.25) is 5.88 Å². The van der Waals surface area contributed by atoms with Crippen molar-refractivity contribution < 1.29 is 19.0 Å². The van der Waals surface area contributed by atoms with Crippen molar-refractivity contribution in [3.05, 3.63) is 24.0 Å². The molecule has 18 heavy (non-hydrogen) atoms. The summed E-state index contributed by atoms with van der Waals surface area (Å²) in [5, 5.41) is 10.3. The minimum absolute atomic E-state index is 0.00277. The van der Waals surface area contributed by atoms with Crippen LogP contribution in [0.3, 0.4) is 0 Å².